The standard InChI is InChI=1S/C20H19Cl2N3O2/c1-12(2)23-11-15-18(20(26)27)24-25(17-6-4-3-5-16(17)22)19(15)13-7-9-14(21)10-8-13/h3-10,12,23H,11H2,1-2H3,(H,26,27). The second-order valence-corrected chi connectivity index (χ2v) is 7.23. The Labute approximate surface area is 167 Å². The van der Waals surface area contributed by atoms with E-state index in [1.807, 2.05) is 38.1 Å². The van der Waals surface area contributed by atoms with Crippen molar-refractivity contribution < 1.29 is 9.90 Å². The van der Waals surface area contributed by atoms with E-state index in [9.17, 15) is 9.90 Å². The Morgan fingerprint density at radius 2 is 1.81 bits per heavy atom. The predicted molar refractivity (Wildman–Crippen MR) is 108 cm³/mol. The highest BCUT2D eigenvalue weighted by atomic mass is 35.5. The van der Waals surface area contributed by atoms with Crippen molar-refractivity contribution in [2.45, 2.75) is 26.4 Å². The van der Waals surface area contributed by atoms with Crippen LogP contribution in [0.1, 0.15) is 29.9 Å². The first kappa shape index (κ1) is 19.4. The number of aromatic nitrogens is 2. The fourth-order valence-corrected chi connectivity index (χ4v) is 3.14. The van der Waals surface area contributed by atoms with Crippen molar-refractivity contribution in [3.05, 3.63) is 69.8 Å². The number of hydrogen-bond acceptors (Lipinski definition) is 3. The molecular formula is C20H19Cl2N3O2. The number of aromatic carboxylic acids is 1. The smallest absolute Gasteiger partial charge is 0.356 e. The lowest BCUT2D eigenvalue weighted by Crippen LogP contribution is -2.23. The molecule has 0 radical (unpaired) electrons. The van der Waals surface area contributed by atoms with Gasteiger partial charge in [-0.25, -0.2) is 9.48 Å². The molecule has 0 atom stereocenters. The van der Waals surface area contributed by atoms with E-state index in [1.54, 1.807) is 28.9 Å². The maximum Gasteiger partial charge on any atom is 0.356 e. The lowest BCUT2D eigenvalue weighted by Gasteiger charge is -2.13. The minimum atomic E-state index is -1.09. The van der Waals surface area contributed by atoms with Crippen LogP contribution in [0.3, 0.4) is 0 Å². The summed E-state index contributed by atoms with van der Waals surface area (Å²) in [6.07, 6.45) is 0. The Bertz CT molecular complexity index is 966. The maximum absolute atomic E-state index is 11.9. The summed E-state index contributed by atoms with van der Waals surface area (Å²) in [5.41, 5.74) is 2.68. The van der Waals surface area contributed by atoms with Crippen molar-refractivity contribution in [1.82, 2.24) is 15.1 Å². The van der Waals surface area contributed by atoms with Crippen LogP contribution in [-0.4, -0.2) is 26.9 Å². The van der Waals surface area contributed by atoms with Gasteiger partial charge < -0.3 is 10.4 Å². The predicted octanol–water partition coefficient (Wildman–Crippen LogP) is 5.04. The van der Waals surface area contributed by atoms with E-state index in [2.05, 4.69) is 10.4 Å². The summed E-state index contributed by atoms with van der Waals surface area (Å²) in [4.78, 5) is 11.9. The molecule has 7 heteroatoms. The summed E-state index contributed by atoms with van der Waals surface area (Å²) in [6.45, 7) is 4.36. The molecule has 0 unspecified atom stereocenters. The SMILES string of the molecule is CC(C)NCc1c(C(=O)O)nn(-c2ccccc2Cl)c1-c1ccc(Cl)cc1. The van der Waals surface area contributed by atoms with Crippen molar-refractivity contribution in [3.8, 4) is 16.9 Å². The van der Waals surface area contributed by atoms with Gasteiger partial charge in [0.1, 0.15) is 0 Å². The zero-order valence-corrected chi connectivity index (χ0v) is 16.4. The number of carbonyl (C=O) groups is 1. The van der Waals surface area contributed by atoms with E-state index in [4.69, 9.17) is 23.2 Å². The summed E-state index contributed by atoms with van der Waals surface area (Å²) < 4.78 is 1.59. The second-order valence-electron chi connectivity index (χ2n) is 6.39. The second kappa shape index (κ2) is 8.13. The van der Waals surface area contributed by atoms with Crippen molar-refractivity contribution in [1.29, 1.82) is 0 Å². The minimum absolute atomic E-state index is 0.00646. The molecule has 0 amide bonds. The van der Waals surface area contributed by atoms with Crippen molar-refractivity contribution in [3.63, 3.8) is 0 Å². The average Bonchev–Trinajstić information content (AvgIpc) is 3.00. The van der Waals surface area contributed by atoms with Crippen LogP contribution in [0, 0.1) is 0 Å². The highest BCUT2D eigenvalue weighted by molar-refractivity contribution is 6.32. The number of nitrogens with zero attached hydrogens (tertiary/aromatic N) is 2. The normalized spacial score (nSPS) is 11.1. The summed E-state index contributed by atoms with van der Waals surface area (Å²) in [6, 6.07) is 14.6. The first-order chi connectivity index (χ1) is 12.9. The van der Waals surface area contributed by atoms with Gasteiger partial charge in [-0.1, -0.05) is 61.3 Å². The Morgan fingerprint density at radius 3 is 2.41 bits per heavy atom. The van der Waals surface area contributed by atoms with E-state index >= 15 is 0 Å². The fourth-order valence-electron chi connectivity index (χ4n) is 2.80. The monoisotopic (exact) mass is 403 g/mol. The van der Waals surface area contributed by atoms with Gasteiger partial charge in [-0.2, -0.15) is 5.10 Å². The first-order valence-corrected chi connectivity index (χ1v) is 9.23. The number of nitrogens with one attached hydrogen (secondary N) is 1. The van der Waals surface area contributed by atoms with Gasteiger partial charge in [0.15, 0.2) is 5.69 Å². The van der Waals surface area contributed by atoms with Crippen LogP contribution in [0.5, 0.6) is 0 Å². The van der Waals surface area contributed by atoms with Crippen LogP contribution in [0.2, 0.25) is 10.0 Å². The van der Waals surface area contributed by atoms with Gasteiger partial charge in [-0.15, -0.1) is 0 Å². The lowest BCUT2D eigenvalue weighted by molar-refractivity contribution is 0.0688. The molecule has 0 aliphatic carbocycles. The molecule has 0 spiro atoms. The average molecular weight is 404 g/mol. The quantitative estimate of drug-likeness (QED) is 0.604. The molecule has 5 nitrogen and oxygen atoms in total. The summed E-state index contributed by atoms with van der Waals surface area (Å²) >= 11 is 12.4. The van der Waals surface area contributed by atoms with Gasteiger partial charge in [-0.05, 0) is 24.3 Å². The van der Waals surface area contributed by atoms with Gasteiger partial charge in [0, 0.05) is 28.7 Å². The van der Waals surface area contributed by atoms with Gasteiger partial charge >= 0.3 is 5.97 Å². The number of benzene rings is 2. The molecule has 3 aromatic rings. The Kier molecular flexibility index (Phi) is 5.85. The number of rotatable bonds is 6. The number of halogens is 2. The Hall–Kier alpha value is -2.34. The molecule has 27 heavy (non-hydrogen) atoms. The summed E-state index contributed by atoms with van der Waals surface area (Å²) in [5, 5.41) is 18.5. The minimum Gasteiger partial charge on any atom is -0.476 e. The van der Waals surface area contributed by atoms with Crippen LogP contribution >= 0.6 is 23.2 Å². The summed E-state index contributed by atoms with van der Waals surface area (Å²) in [5.74, 6) is -1.09. The topological polar surface area (TPSA) is 67.2 Å². The van der Waals surface area contributed by atoms with E-state index < -0.39 is 5.97 Å². The Balaban J connectivity index is 2.29. The van der Waals surface area contributed by atoms with Crippen molar-refractivity contribution in [2.75, 3.05) is 0 Å². The van der Waals surface area contributed by atoms with Crippen LogP contribution in [0.4, 0.5) is 0 Å². The molecule has 0 fully saturated rings. The highest BCUT2D eigenvalue weighted by Gasteiger charge is 2.25. The lowest BCUT2D eigenvalue weighted by atomic mass is 10.0. The van der Waals surface area contributed by atoms with E-state index in [-0.39, 0.29) is 11.7 Å². The number of para-hydroxylation sites is 1. The first-order valence-electron chi connectivity index (χ1n) is 8.48. The van der Waals surface area contributed by atoms with Crippen LogP contribution in [0.25, 0.3) is 16.9 Å². The molecule has 0 aliphatic rings. The van der Waals surface area contributed by atoms with E-state index in [1.165, 1.54) is 0 Å². The van der Waals surface area contributed by atoms with Gasteiger partial charge in [0.2, 0.25) is 0 Å². The molecule has 0 saturated heterocycles. The van der Waals surface area contributed by atoms with Gasteiger partial charge in [-0.3, -0.25) is 0 Å². The molecular weight excluding hydrogens is 385 g/mol. The molecule has 1 aromatic heterocycles. The molecule has 2 aromatic carbocycles. The Morgan fingerprint density at radius 1 is 1.15 bits per heavy atom. The molecule has 3 rings (SSSR count). The number of carboxylic acids is 1. The number of carboxylic acid groups (broad SMARTS) is 1. The van der Waals surface area contributed by atoms with Crippen LogP contribution in [-0.2, 0) is 6.54 Å². The van der Waals surface area contributed by atoms with Crippen LogP contribution in [0.15, 0.2) is 48.5 Å². The molecule has 1 heterocycles. The zero-order chi connectivity index (χ0) is 19.6. The molecule has 0 saturated carbocycles. The fraction of sp³-hybridized carbons (Fsp3) is 0.200. The van der Waals surface area contributed by atoms with Gasteiger partial charge in [0.25, 0.3) is 0 Å². The maximum atomic E-state index is 11.9. The zero-order valence-electron chi connectivity index (χ0n) is 14.9. The van der Waals surface area contributed by atoms with E-state index in [0.29, 0.717) is 33.5 Å². The largest absolute Gasteiger partial charge is 0.476 e. The van der Waals surface area contributed by atoms with Crippen molar-refractivity contribution >= 4 is 29.2 Å². The molecule has 140 valence electrons. The highest BCUT2D eigenvalue weighted by Crippen LogP contribution is 2.32. The van der Waals surface area contributed by atoms with Gasteiger partial charge in [0.05, 0.1) is 16.4 Å². The third-order valence-corrected chi connectivity index (χ3v) is 4.64. The molecule has 0 bridgehead atoms. The van der Waals surface area contributed by atoms with Crippen molar-refractivity contribution in [2.24, 2.45) is 0 Å². The summed E-state index contributed by atoms with van der Waals surface area (Å²) in [7, 11) is 0. The molecule has 2 N–H and O–H groups in total. The van der Waals surface area contributed by atoms with Crippen LogP contribution < -0.4 is 5.32 Å². The third kappa shape index (κ3) is 4.16. The molecule has 0 aliphatic heterocycles. The number of hydrogen-bond donors (Lipinski definition) is 2. The van der Waals surface area contributed by atoms with E-state index in [0.717, 1.165) is 5.56 Å². The third-order valence-electron chi connectivity index (χ3n) is 4.07.